The third kappa shape index (κ3) is 2.39. The number of hydrogen-bond acceptors (Lipinski definition) is 4. The predicted molar refractivity (Wildman–Crippen MR) is 69.6 cm³/mol. The third-order valence-electron chi connectivity index (χ3n) is 2.59. The van der Waals surface area contributed by atoms with Gasteiger partial charge in [0.05, 0.1) is 15.1 Å². The van der Waals surface area contributed by atoms with Crippen molar-refractivity contribution in [1.29, 1.82) is 0 Å². The van der Waals surface area contributed by atoms with Crippen molar-refractivity contribution in [1.82, 2.24) is 9.78 Å². The average molecular weight is 344 g/mol. The number of halogens is 2. The lowest BCUT2D eigenvalue weighted by molar-refractivity contribution is -0.384. The lowest BCUT2D eigenvalue weighted by Gasteiger charge is -2.04. The first-order valence-corrected chi connectivity index (χ1v) is 6.04. The van der Waals surface area contributed by atoms with E-state index in [0.29, 0.717) is 0 Å². The Morgan fingerprint density at radius 3 is 2.70 bits per heavy atom. The molecule has 0 aliphatic rings. The molecule has 0 aliphatic carbocycles. The molecule has 2 rings (SSSR count). The van der Waals surface area contributed by atoms with Gasteiger partial charge in [-0.25, -0.2) is 13.9 Å². The van der Waals surface area contributed by atoms with Crippen LogP contribution in [0.15, 0.2) is 22.8 Å². The van der Waals surface area contributed by atoms with E-state index in [9.17, 15) is 19.3 Å². The second kappa shape index (κ2) is 5.00. The van der Waals surface area contributed by atoms with Gasteiger partial charge < -0.3 is 5.11 Å². The summed E-state index contributed by atoms with van der Waals surface area (Å²) in [6, 6.07) is 1.92. The molecule has 1 aromatic carbocycles. The Bertz CT molecular complexity index is 729. The van der Waals surface area contributed by atoms with Crippen molar-refractivity contribution in [3.05, 3.63) is 50.0 Å². The van der Waals surface area contributed by atoms with Gasteiger partial charge in [-0.1, -0.05) is 0 Å². The summed E-state index contributed by atoms with van der Waals surface area (Å²) in [7, 11) is 0. The largest absolute Gasteiger partial charge is 0.478 e. The van der Waals surface area contributed by atoms with Crippen LogP contribution in [-0.4, -0.2) is 25.8 Å². The summed E-state index contributed by atoms with van der Waals surface area (Å²) in [6.07, 6.45) is 1.10. The van der Waals surface area contributed by atoms with E-state index in [2.05, 4.69) is 21.0 Å². The van der Waals surface area contributed by atoms with Gasteiger partial charge in [-0.2, -0.15) is 5.10 Å². The topological polar surface area (TPSA) is 98.3 Å². The number of carboxylic acid groups (broad SMARTS) is 1. The van der Waals surface area contributed by atoms with E-state index in [1.807, 2.05) is 0 Å². The van der Waals surface area contributed by atoms with Crippen molar-refractivity contribution < 1.29 is 19.2 Å². The molecule has 0 spiro atoms. The van der Waals surface area contributed by atoms with Gasteiger partial charge in [-0.15, -0.1) is 0 Å². The molecular weight excluding hydrogens is 337 g/mol. The maximum Gasteiger partial charge on any atom is 0.339 e. The molecule has 9 heteroatoms. The average Bonchev–Trinajstić information content (AvgIpc) is 2.74. The summed E-state index contributed by atoms with van der Waals surface area (Å²) in [5, 5.41) is 23.8. The van der Waals surface area contributed by atoms with Crippen molar-refractivity contribution in [3.63, 3.8) is 0 Å². The lowest BCUT2D eigenvalue weighted by atomic mass is 10.2. The second-order valence-corrected chi connectivity index (χ2v) is 4.74. The van der Waals surface area contributed by atoms with Crippen molar-refractivity contribution in [2.24, 2.45) is 0 Å². The number of aromatic nitrogens is 2. The summed E-state index contributed by atoms with van der Waals surface area (Å²) >= 11 is 2.86. The lowest BCUT2D eigenvalue weighted by Crippen LogP contribution is -2.02. The number of nitro benzene ring substituents is 1. The fourth-order valence-electron chi connectivity index (χ4n) is 1.65. The number of aryl methyl sites for hydroxylation is 1. The van der Waals surface area contributed by atoms with E-state index < -0.39 is 22.4 Å². The number of rotatable bonds is 3. The number of carbonyl (C=O) groups is 1. The molecule has 0 bridgehead atoms. The zero-order valence-electron chi connectivity index (χ0n) is 10.0. The summed E-state index contributed by atoms with van der Waals surface area (Å²) in [5.41, 5.74) is -0.471. The van der Waals surface area contributed by atoms with Crippen LogP contribution in [-0.2, 0) is 0 Å². The Morgan fingerprint density at radius 2 is 2.20 bits per heavy atom. The second-order valence-electron chi connectivity index (χ2n) is 3.89. The van der Waals surface area contributed by atoms with Gasteiger partial charge in [0.2, 0.25) is 0 Å². The van der Waals surface area contributed by atoms with Crippen LogP contribution >= 0.6 is 15.9 Å². The zero-order chi connectivity index (χ0) is 15.0. The Morgan fingerprint density at radius 1 is 1.55 bits per heavy atom. The first-order valence-electron chi connectivity index (χ1n) is 5.24. The minimum atomic E-state index is -1.21. The molecule has 0 fully saturated rings. The predicted octanol–water partition coefficient (Wildman–Crippen LogP) is 2.69. The maximum absolute atomic E-state index is 13.5. The maximum atomic E-state index is 13.5. The van der Waals surface area contributed by atoms with Crippen LogP contribution in [0.4, 0.5) is 10.1 Å². The highest BCUT2D eigenvalue weighted by molar-refractivity contribution is 9.10. The summed E-state index contributed by atoms with van der Waals surface area (Å²) in [6.45, 7) is 1.45. The molecule has 0 saturated heterocycles. The van der Waals surface area contributed by atoms with E-state index in [0.717, 1.165) is 23.0 Å². The molecule has 0 atom stereocenters. The molecule has 1 heterocycles. The van der Waals surface area contributed by atoms with Gasteiger partial charge in [-0.05, 0) is 22.9 Å². The van der Waals surface area contributed by atoms with E-state index in [-0.39, 0.29) is 21.4 Å². The Kier molecular flexibility index (Phi) is 3.53. The quantitative estimate of drug-likeness (QED) is 0.682. The number of carboxylic acids is 1. The molecule has 0 unspecified atom stereocenters. The third-order valence-corrected chi connectivity index (χ3v) is 3.20. The number of hydrogen-bond donors (Lipinski definition) is 1. The number of nitro groups is 1. The molecule has 0 amide bonds. The van der Waals surface area contributed by atoms with Crippen LogP contribution in [0.5, 0.6) is 0 Å². The minimum Gasteiger partial charge on any atom is -0.478 e. The van der Waals surface area contributed by atoms with E-state index >= 15 is 0 Å². The van der Waals surface area contributed by atoms with Crippen molar-refractivity contribution in [3.8, 4) is 5.69 Å². The van der Waals surface area contributed by atoms with Gasteiger partial charge in [0, 0.05) is 18.3 Å². The monoisotopic (exact) mass is 343 g/mol. The van der Waals surface area contributed by atoms with Gasteiger partial charge in [-0.3, -0.25) is 10.1 Å². The summed E-state index contributed by atoms with van der Waals surface area (Å²) in [5.74, 6) is -1.93. The van der Waals surface area contributed by atoms with Crippen LogP contribution in [0, 0.1) is 22.9 Å². The normalized spacial score (nSPS) is 10.6. The first-order chi connectivity index (χ1) is 9.31. The molecule has 2 aromatic rings. The summed E-state index contributed by atoms with van der Waals surface area (Å²) < 4.78 is 14.5. The first kappa shape index (κ1) is 14.1. The van der Waals surface area contributed by atoms with Crippen LogP contribution in [0.3, 0.4) is 0 Å². The van der Waals surface area contributed by atoms with Crippen molar-refractivity contribution in [2.45, 2.75) is 6.92 Å². The van der Waals surface area contributed by atoms with Crippen LogP contribution in [0.1, 0.15) is 16.1 Å². The van der Waals surface area contributed by atoms with Gasteiger partial charge in [0.25, 0.3) is 5.69 Å². The van der Waals surface area contributed by atoms with Gasteiger partial charge in [0.15, 0.2) is 0 Å². The van der Waals surface area contributed by atoms with Crippen LogP contribution in [0.25, 0.3) is 5.69 Å². The molecule has 0 aliphatic heterocycles. The molecular formula is C11H7BrFN3O4. The molecule has 1 aromatic heterocycles. The highest BCUT2D eigenvalue weighted by Crippen LogP contribution is 2.29. The van der Waals surface area contributed by atoms with Crippen molar-refractivity contribution in [2.75, 3.05) is 0 Å². The molecule has 1 N–H and O–H groups in total. The number of nitrogens with zero attached hydrogens (tertiary/aromatic N) is 3. The van der Waals surface area contributed by atoms with Crippen LogP contribution in [0.2, 0.25) is 0 Å². The fourth-order valence-corrected chi connectivity index (χ4v) is 1.98. The highest BCUT2D eigenvalue weighted by atomic mass is 79.9. The molecule has 20 heavy (non-hydrogen) atoms. The van der Waals surface area contributed by atoms with E-state index in [4.69, 9.17) is 5.11 Å². The van der Waals surface area contributed by atoms with E-state index in [1.165, 1.54) is 6.92 Å². The molecule has 0 saturated carbocycles. The Labute approximate surface area is 119 Å². The Balaban J connectivity index is 2.68. The smallest absolute Gasteiger partial charge is 0.339 e. The highest BCUT2D eigenvalue weighted by Gasteiger charge is 2.22. The van der Waals surface area contributed by atoms with Crippen molar-refractivity contribution >= 4 is 27.6 Å². The molecule has 7 nitrogen and oxygen atoms in total. The van der Waals surface area contributed by atoms with E-state index in [1.54, 1.807) is 0 Å². The Hall–Kier alpha value is -2.29. The SMILES string of the molecule is Cc1nn(-c2cc(F)c(Br)cc2[N+](=O)[O-])cc1C(=O)O. The summed E-state index contributed by atoms with van der Waals surface area (Å²) in [4.78, 5) is 21.2. The number of benzene rings is 1. The molecule has 104 valence electrons. The van der Waals surface area contributed by atoms with Gasteiger partial charge >= 0.3 is 5.97 Å². The number of aromatic carboxylic acids is 1. The molecule has 0 radical (unpaired) electrons. The standard InChI is InChI=1S/C11H7BrFN3O4/c1-5-6(11(17)18)4-15(14-5)9-3-8(13)7(12)2-10(9)16(19)20/h2-4H,1H3,(H,17,18). The van der Waals surface area contributed by atoms with Gasteiger partial charge in [0.1, 0.15) is 17.1 Å². The van der Waals surface area contributed by atoms with Crippen LogP contribution < -0.4 is 0 Å². The fraction of sp³-hybridized carbons (Fsp3) is 0.0909. The zero-order valence-corrected chi connectivity index (χ0v) is 11.6. The minimum absolute atomic E-state index is 0.0599.